The quantitative estimate of drug-likeness (QED) is 0.664. The summed E-state index contributed by atoms with van der Waals surface area (Å²) in [6.07, 6.45) is 0. The van der Waals surface area contributed by atoms with Gasteiger partial charge in [0.15, 0.2) is 5.78 Å². The van der Waals surface area contributed by atoms with E-state index in [-0.39, 0.29) is 29.4 Å². The number of carbonyl (C=O) groups is 2. The van der Waals surface area contributed by atoms with Crippen LogP contribution in [0.2, 0.25) is 0 Å². The number of anilines is 1. The number of amides is 1. The van der Waals surface area contributed by atoms with Crippen LogP contribution >= 0.6 is 0 Å². The maximum absolute atomic E-state index is 12.8. The monoisotopic (exact) mass is 298 g/mol. The summed E-state index contributed by atoms with van der Waals surface area (Å²) in [6.45, 7) is -0.242. The van der Waals surface area contributed by atoms with E-state index in [9.17, 15) is 14.7 Å². The molecule has 0 aliphatic heterocycles. The number of nitrogens with two attached hydrogens (primary N) is 1. The van der Waals surface area contributed by atoms with E-state index in [1.54, 1.807) is 50.5 Å². The first-order valence-electron chi connectivity index (χ1n) is 6.80. The molecular weight excluding hydrogens is 280 g/mol. The Morgan fingerprint density at radius 1 is 1.05 bits per heavy atom. The van der Waals surface area contributed by atoms with Crippen molar-refractivity contribution >= 4 is 17.4 Å². The molecular formula is C17H18N2O3. The van der Waals surface area contributed by atoms with Gasteiger partial charge in [-0.3, -0.25) is 9.59 Å². The molecule has 22 heavy (non-hydrogen) atoms. The molecule has 5 heteroatoms. The van der Waals surface area contributed by atoms with Crippen molar-refractivity contribution in [3.05, 3.63) is 64.7 Å². The Hall–Kier alpha value is -2.66. The molecule has 0 saturated heterocycles. The van der Waals surface area contributed by atoms with Crippen molar-refractivity contribution in [2.45, 2.75) is 6.61 Å². The molecule has 5 nitrogen and oxygen atoms in total. The fourth-order valence-electron chi connectivity index (χ4n) is 2.20. The van der Waals surface area contributed by atoms with Gasteiger partial charge in [-0.15, -0.1) is 0 Å². The third-order valence-electron chi connectivity index (χ3n) is 3.36. The zero-order valence-corrected chi connectivity index (χ0v) is 12.5. The van der Waals surface area contributed by atoms with Crippen LogP contribution in [0.3, 0.4) is 0 Å². The van der Waals surface area contributed by atoms with Crippen LogP contribution in [0, 0.1) is 0 Å². The molecule has 0 aliphatic rings. The second-order valence-electron chi connectivity index (χ2n) is 5.15. The zero-order chi connectivity index (χ0) is 16.3. The number of nitrogens with zero attached hydrogens (tertiary/aromatic N) is 1. The molecule has 0 bridgehead atoms. The summed E-state index contributed by atoms with van der Waals surface area (Å²) >= 11 is 0. The van der Waals surface area contributed by atoms with Crippen LogP contribution in [-0.4, -0.2) is 35.8 Å². The number of carbonyl (C=O) groups excluding carboxylic acids is 2. The predicted molar refractivity (Wildman–Crippen MR) is 84.7 cm³/mol. The molecule has 1 amide bonds. The molecule has 0 spiro atoms. The normalized spacial score (nSPS) is 10.3. The topological polar surface area (TPSA) is 83.6 Å². The van der Waals surface area contributed by atoms with Gasteiger partial charge in [-0.05, 0) is 23.8 Å². The van der Waals surface area contributed by atoms with Gasteiger partial charge in [-0.1, -0.05) is 24.3 Å². The molecule has 0 radical (unpaired) electrons. The van der Waals surface area contributed by atoms with E-state index in [2.05, 4.69) is 0 Å². The summed E-state index contributed by atoms with van der Waals surface area (Å²) in [6, 6.07) is 11.4. The van der Waals surface area contributed by atoms with Crippen molar-refractivity contribution in [1.29, 1.82) is 0 Å². The Morgan fingerprint density at radius 3 is 2.36 bits per heavy atom. The van der Waals surface area contributed by atoms with Gasteiger partial charge < -0.3 is 15.7 Å². The Bertz CT molecular complexity index is 724. The molecule has 114 valence electrons. The molecule has 0 aromatic heterocycles. The van der Waals surface area contributed by atoms with Crippen molar-refractivity contribution in [2.24, 2.45) is 0 Å². The average Bonchev–Trinajstić information content (AvgIpc) is 2.53. The van der Waals surface area contributed by atoms with Crippen LogP contribution in [0.15, 0.2) is 42.5 Å². The zero-order valence-electron chi connectivity index (χ0n) is 12.5. The Kier molecular flexibility index (Phi) is 4.58. The predicted octanol–water partition coefficient (Wildman–Crippen LogP) is 1.69. The maximum Gasteiger partial charge on any atom is 0.254 e. The summed E-state index contributed by atoms with van der Waals surface area (Å²) in [4.78, 5) is 26.4. The van der Waals surface area contributed by atoms with Gasteiger partial charge >= 0.3 is 0 Å². The number of benzene rings is 2. The second-order valence-corrected chi connectivity index (χ2v) is 5.15. The minimum Gasteiger partial charge on any atom is -0.399 e. The highest BCUT2D eigenvalue weighted by atomic mass is 16.3. The number of aliphatic hydroxyl groups excluding tert-OH is 1. The minimum atomic E-state index is -0.310. The summed E-state index contributed by atoms with van der Waals surface area (Å²) in [5.41, 5.74) is 7.58. The van der Waals surface area contributed by atoms with Gasteiger partial charge in [0.05, 0.1) is 12.2 Å². The smallest absolute Gasteiger partial charge is 0.254 e. The standard InChI is InChI=1S/C17H18N2O3/c1-19(2)17(22)15-9-12(18)7-8-14(15)16(21)13-6-4-3-5-11(13)10-20/h3-9,20H,10,18H2,1-2H3. The van der Waals surface area contributed by atoms with E-state index < -0.39 is 0 Å². The number of hydrogen-bond acceptors (Lipinski definition) is 4. The molecule has 0 heterocycles. The van der Waals surface area contributed by atoms with Crippen LogP contribution in [0.25, 0.3) is 0 Å². The van der Waals surface area contributed by atoms with E-state index >= 15 is 0 Å². The fraction of sp³-hybridized carbons (Fsp3) is 0.176. The first-order valence-corrected chi connectivity index (χ1v) is 6.80. The average molecular weight is 298 g/mol. The van der Waals surface area contributed by atoms with E-state index in [0.29, 0.717) is 16.8 Å². The van der Waals surface area contributed by atoms with Gasteiger partial charge in [0, 0.05) is 30.9 Å². The molecule has 2 rings (SSSR count). The highest BCUT2D eigenvalue weighted by Gasteiger charge is 2.21. The fourth-order valence-corrected chi connectivity index (χ4v) is 2.20. The summed E-state index contributed by atoms with van der Waals surface area (Å²) in [5.74, 6) is -0.605. The highest BCUT2D eigenvalue weighted by Crippen LogP contribution is 2.21. The highest BCUT2D eigenvalue weighted by molar-refractivity contribution is 6.16. The van der Waals surface area contributed by atoms with E-state index in [1.807, 2.05) is 0 Å². The van der Waals surface area contributed by atoms with E-state index in [0.717, 1.165) is 0 Å². The number of rotatable bonds is 4. The molecule has 0 atom stereocenters. The van der Waals surface area contributed by atoms with Crippen LogP contribution in [-0.2, 0) is 6.61 Å². The Labute approximate surface area is 129 Å². The Balaban J connectivity index is 2.57. The first kappa shape index (κ1) is 15.7. The van der Waals surface area contributed by atoms with Gasteiger partial charge in [0.25, 0.3) is 5.91 Å². The van der Waals surface area contributed by atoms with E-state index in [4.69, 9.17) is 5.73 Å². The maximum atomic E-state index is 12.8. The molecule has 2 aromatic rings. The van der Waals surface area contributed by atoms with Gasteiger partial charge in [0.2, 0.25) is 0 Å². The van der Waals surface area contributed by atoms with Crippen LogP contribution in [0.4, 0.5) is 5.69 Å². The van der Waals surface area contributed by atoms with E-state index in [1.165, 1.54) is 11.0 Å². The van der Waals surface area contributed by atoms with Crippen molar-refractivity contribution < 1.29 is 14.7 Å². The lowest BCUT2D eigenvalue weighted by Gasteiger charge is -2.15. The summed E-state index contributed by atoms with van der Waals surface area (Å²) < 4.78 is 0. The molecule has 0 saturated carbocycles. The third-order valence-corrected chi connectivity index (χ3v) is 3.36. The van der Waals surface area contributed by atoms with Crippen molar-refractivity contribution in [3.8, 4) is 0 Å². The third kappa shape index (κ3) is 2.99. The second kappa shape index (κ2) is 6.41. The van der Waals surface area contributed by atoms with Crippen LogP contribution in [0.1, 0.15) is 31.8 Å². The number of aliphatic hydroxyl groups is 1. The lowest BCUT2D eigenvalue weighted by atomic mass is 9.94. The van der Waals surface area contributed by atoms with Crippen molar-refractivity contribution in [3.63, 3.8) is 0 Å². The first-order chi connectivity index (χ1) is 10.5. The molecule has 0 aliphatic carbocycles. The van der Waals surface area contributed by atoms with Crippen molar-refractivity contribution in [2.75, 3.05) is 19.8 Å². The number of nitrogen functional groups attached to an aromatic ring is 1. The lowest BCUT2D eigenvalue weighted by molar-refractivity contribution is 0.0822. The summed E-state index contributed by atoms with van der Waals surface area (Å²) in [7, 11) is 3.23. The molecule has 3 N–H and O–H groups in total. The molecule has 0 unspecified atom stereocenters. The minimum absolute atomic E-state index is 0.242. The number of ketones is 1. The van der Waals surface area contributed by atoms with Gasteiger partial charge in [0.1, 0.15) is 0 Å². The van der Waals surface area contributed by atoms with Gasteiger partial charge in [-0.25, -0.2) is 0 Å². The molecule has 0 fully saturated rings. The lowest BCUT2D eigenvalue weighted by Crippen LogP contribution is -2.24. The number of hydrogen-bond donors (Lipinski definition) is 2. The van der Waals surface area contributed by atoms with Crippen LogP contribution in [0.5, 0.6) is 0 Å². The molecule has 2 aromatic carbocycles. The SMILES string of the molecule is CN(C)C(=O)c1cc(N)ccc1C(=O)c1ccccc1CO. The Morgan fingerprint density at radius 2 is 1.73 bits per heavy atom. The van der Waals surface area contributed by atoms with Gasteiger partial charge in [-0.2, -0.15) is 0 Å². The van der Waals surface area contributed by atoms with Crippen LogP contribution < -0.4 is 5.73 Å². The largest absolute Gasteiger partial charge is 0.399 e. The summed E-state index contributed by atoms with van der Waals surface area (Å²) in [5, 5.41) is 9.38. The van der Waals surface area contributed by atoms with Crippen molar-refractivity contribution in [1.82, 2.24) is 4.90 Å².